The first-order valence-corrected chi connectivity index (χ1v) is 6.56. The number of nitrogens with zero attached hydrogens (tertiary/aromatic N) is 1. The van der Waals surface area contributed by atoms with Crippen LogP contribution in [0.5, 0.6) is 0 Å². The summed E-state index contributed by atoms with van der Waals surface area (Å²) >= 11 is 0. The van der Waals surface area contributed by atoms with E-state index in [0.717, 1.165) is 12.2 Å². The lowest BCUT2D eigenvalue weighted by atomic mass is 10.1. The molecule has 1 aromatic carbocycles. The van der Waals surface area contributed by atoms with Crippen LogP contribution in [0, 0.1) is 6.92 Å². The molecular formula is C16H18N2. The topological polar surface area (TPSA) is 24.9 Å². The van der Waals surface area contributed by atoms with Crippen molar-refractivity contribution in [2.24, 2.45) is 0 Å². The van der Waals surface area contributed by atoms with Crippen LogP contribution in [-0.2, 0) is 13.0 Å². The van der Waals surface area contributed by atoms with E-state index < -0.39 is 0 Å². The SMILES string of the molecule is Cc1cccnc1CNC1CCc2ccccc21. The molecule has 0 spiro atoms. The van der Waals surface area contributed by atoms with Crippen molar-refractivity contribution in [2.45, 2.75) is 32.4 Å². The van der Waals surface area contributed by atoms with Crippen LogP contribution in [0.1, 0.15) is 34.8 Å². The van der Waals surface area contributed by atoms with Crippen LogP contribution in [0.2, 0.25) is 0 Å². The number of nitrogens with one attached hydrogen (secondary N) is 1. The maximum absolute atomic E-state index is 4.43. The molecule has 2 nitrogen and oxygen atoms in total. The first-order chi connectivity index (χ1) is 8.84. The van der Waals surface area contributed by atoms with Crippen LogP contribution in [0.25, 0.3) is 0 Å². The molecule has 1 aromatic heterocycles. The highest BCUT2D eigenvalue weighted by atomic mass is 14.9. The van der Waals surface area contributed by atoms with Gasteiger partial charge < -0.3 is 5.32 Å². The Balaban J connectivity index is 1.71. The maximum Gasteiger partial charge on any atom is 0.0570 e. The molecule has 0 fully saturated rings. The first-order valence-electron chi connectivity index (χ1n) is 6.56. The van der Waals surface area contributed by atoms with Crippen LogP contribution in [0.15, 0.2) is 42.6 Å². The third kappa shape index (κ3) is 2.16. The van der Waals surface area contributed by atoms with Crippen LogP contribution in [0.3, 0.4) is 0 Å². The van der Waals surface area contributed by atoms with Crippen LogP contribution in [-0.4, -0.2) is 4.98 Å². The third-order valence-electron chi connectivity index (χ3n) is 3.77. The normalized spacial score (nSPS) is 17.7. The van der Waals surface area contributed by atoms with Crippen molar-refractivity contribution in [3.63, 3.8) is 0 Å². The molecule has 1 N–H and O–H groups in total. The van der Waals surface area contributed by atoms with E-state index in [2.05, 4.69) is 47.6 Å². The lowest BCUT2D eigenvalue weighted by Crippen LogP contribution is -2.19. The number of pyridine rings is 1. The number of fused-ring (bicyclic) bond motifs is 1. The minimum atomic E-state index is 0.489. The molecule has 1 aliphatic carbocycles. The van der Waals surface area contributed by atoms with Gasteiger partial charge in [0.15, 0.2) is 0 Å². The lowest BCUT2D eigenvalue weighted by Gasteiger charge is -2.14. The van der Waals surface area contributed by atoms with Crippen molar-refractivity contribution in [1.29, 1.82) is 0 Å². The number of hydrogen-bond donors (Lipinski definition) is 1. The van der Waals surface area contributed by atoms with Gasteiger partial charge in [0.05, 0.1) is 5.69 Å². The monoisotopic (exact) mass is 238 g/mol. The van der Waals surface area contributed by atoms with E-state index in [4.69, 9.17) is 0 Å². The highest BCUT2D eigenvalue weighted by Gasteiger charge is 2.21. The Hall–Kier alpha value is -1.67. The molecule has 0 bridgehead atoms. The van der Waals surface area contributed by atoms with Crippen molar-refractivity contribution >= 4 is 0 Å². The number of aryl methyl sites for hydroxylation is 2. The van der Waals surface area contributed by atoms with E-state index in [9.17, 15) is 0 Å². The average Bonchev–Trinajstić information content (AvgIpc) is 2.81. The number of benzene rings is 1. The summed E-state index contributed by atoms with van der Waals surface area (Å²) in [6, 6.07) is 13.3. The number of aromatic nitrogens is 1. The fourth-order valence-electron chi connectivity index (χ4n) is 2.69. The summed E-state index contributed by atoms with van der Waals surface area (Å²) in [7, 11) is 0. The zero-order valence-corrected chi connectivity index (χ0v) is 10.7. The van der Waals surface area contributed by atoms with Crippen molar-refractivity contribution in [2.75, 3.05) is 0 Å². The third-order valence-corrected chi connectivity index (χ3v) is 3.77. The van der Waals surface area contributed by atoms with E-state index in [-0.39, 0.29) is 0 Å². The van der Waals surface area contributed by atoms with Gasteiger partial charge in [-0.15, -0.1) is 0 Å². The van der Waals surface area contributed by atoms with Gasteiger partial charge in [-0.05, 0) is 42.5 Å². The van der Waals surface area contributed by atoms with Gasteiger partial charge in [0, 0.05) is 18.8 Å². The van der Waals surface area contributed by atoms with Gasteiger partial charge in [-0.25, -0.2) is 0 Å². The van der Waals surface area contributed by atoms with Crippen LogP contribution in [0.4, 0.5) is 0 Å². The van der Waals surface area contributed by atoms with Crippen LogP contribution >= 0.6 is 0 Å². The van der Waals surface area contributed by atoms with E-state index in [1.54, 1.807) is 0 Å². The molecule has 0 saturated carbocycles. The van der Waals surface area contributed by atoms with Crippen molar-refractivity contribution in [3.8, 4) is 0 Å². The summed E-state index contributed by atoms with van der Waals surface area (Å²) in [6.07, 6.45) is 4.26. The number of hydrogen-bond acceptors (Lipinski definition) is 2. The molecule has 2 heteroatoms. The van der Waals surface area contributed by atoms with Gasteiger partial charge in [-0.2, -0.15) is 0 Å². The van der Waals surface area contributed by atoms with Crippen molar-refractivity contribution in [3.05, 3.63) is 65.0 Å². The lowest BCUT2D eigenvalue weighted by molar-refractivity contribution is 0.524. The van der Waals surface area contributed by atoms with E-state index in [0.29, 0.717) is 6.04 Å². The molecule has 0 aliphatic heterocycles. The van der Waals surface area contributed by atoms with Gasteiger partial charge in [0.2, 0.25) is 0 Å². The summed E-state index contributed by atoms with van der Waals surface area (Å²) in [5.74, 6) is 0. The summed E-state index contributed by atoms with van der Waals surface area (Å²) in [4.78, 5) is 4.43. The average molecular weight is 238 g/mol. The second-order valence-electron chi connectivity index (χ2n) is 4.94. The Bertz CT molecular complexity index is 548. The van der Waals surface area contributed by atoms with Crippen molar-refractivity contribution in [1.82, 2.24) is 10.3 Å². The second kappa shape index (κ2) is 4.91. The highest BCUT2D eigenvalue weighted by molar-refractivity contribution is 5.34. The molecule has 0 radical (unpaired) electrons. The van der Waals surface area contributed by atoms with E-state index in [1.807, 2.05) is 12.3 Å². The zero-order chi connectivity index (χ0) is 12.4. The van der Waals surface area contributed by atoms with E-state index in [1.165, 1.54) is 29.5 Å². The van der Waals surface area contributed by atoms with E-state index >= 15 is 0 Å². The molecular weight excluding hydrogens is 220 g/mol. The molecule has 0 saturated heterocycles. The molecule has 1 heterocycles. The molecule has 18 heavy (non-hydrogen) atoms. The van der Waals surface area contributed by atoms with Gasteiger partial charge >= 0.3 is 0 Å². The summed E-state index contributed by atoms with van der Waals surface area (Å²) in [5.41, 5.74) is 5.37. The molecule has 2 aromatic rings. The predicted octanol–water partition coefficient (Wildman–Crippen LogP) is 3.17. The fraction of sp³-hybridized carbons (Fsp3) is 0.312. The summed E-state index contributed by atoms with van der Waals surface area (Å²) in [6.45, 7) is 2.97. The Morgan fingerprint density at radius 2 is 2.11 bits per heavy atom. The smallest absolute Gasteiger partial charge is 0.0570 e. The Kier molecular flexibility index (Phi) is 3.11. The summed E-state index contributed by atoms with van der Waals surface area (Å²) in [5, 5.41) is 3.63. The molecule has 1 atom stereocenters. The molecule has 0 amide bonds. The van der Waals surface area contributed by atoms with Crippen LogP contribution < -0.4 is 5.32 Å². The summed E-state index contributed by atoms with van der Waals surface area (Å²) < 4.78 is 0. The standard InChI is InChI=1S/C16H18N2/c1-12-5-4-10-17-16(12)11-18-15-9-8-13-6-2-3-7-14(13)15/h2-7,10,15,18H,8-9,11H2,1H3. The van der Waals surface area contributed by atoms with Gasteiger partial charge in [0.25, 0.3) is 0 Å². The Morgan fingerprint density at radius 1 is 1.22 bits per heavy atom. The zero-order valence-electron chi connectivity index (χ0n) is 10.7. The maximum atomic E-state index is 4.43. The number of rotatable bonds is 3. The largest absolute Gasteiger partial charge is 0.304 e. The highest BCUT2D eigenvalue weighted by Crippen LogP contribution is 2.30. The minimum Gasteiger partial charge on any atom is -0.304 e. The molecule has 1 aliphatic rings. The molecule has 92 valence electrons. The van der Waals surface area contributed by atoms with Gasteiger partial charge in [-0.3, -0.25) is 4.98 Å². The second-order valence-corrected chi connectivity index (χ2v) is 4.94. The molecule has 3 rings (SSSR count). The fourth-order valence-corrected chi connectivity index (χ4v) is 2.69. The van der Waals surface area contributed by atoms with Gasteiger partial charge in [0.1, 0.15) is 0 Å². The Labute approximate surface area is 108 Å². The van der Waals surface area contributed by atoms with Crippen molar-refractivity contribution < 1.29 is 0 Å². The first kappa shape index (κ1) is 11.4. The van der Waals surface area contributed by atoms with Gasteiger partial charge in [-0.1, -0.05) is 30.3 Å². The predicted molar refractivity (Wildman–Crippen MR) is 73.3 cm³/mol. The minimum absolute atomic E-state index is 0.489. The quantitative estimate of drug-likeness (QED) is 0.888. The molecule has 1 unspecified atom stereocenters. The Morgan fingerprint density at radius 3 is 3.00 bits per heavy atom.